The number of hydrogen-bond acceptors (Lipinski definition) is 8. The molecule has 2 N–H and O–H groups in total. The normalized spacial score (nSPS) is 15.8. The molecule has 6 rings (SSSR count). The highest BCUT2D eigenvalue weighted by atomic mass is 28.4. The van der Waals surface area contributed by atoms with Gasteiger partial charge < -0.3 is 29.0 Å². The topological polar surface area (TPSA) is 119 Å². The fourth-order valence-electron chi connectivity index (χ4n) is 8.99. The van der Waals surface area contributed by atoms with Crippen molar-refractivity contribution < 1.29 is 37.7 Å². The maximum absolute atomic E-state index is 14.0. The summed E-state index contributed by atoms with van der Waals surface area (Å²) in [6, 6.07) is 25.1. The van der Waals surface area contributed by atoms with Crippen LogP contribution in [-0.4, -0.2) is 76.1 Å². The number of aromatic nitrogens is 3. The van der Waals surface area contributed by atoms with Crippen LogP contribution in [0.15, 0.2) is 78.9 Å². The monoisotopic (exact) mass is 884 g/mol. The van der Waals surface area contributed by atoms with Gasteiger partial charge in [0.2, 0.25) is 0 Å². The summed E-state index contributed by atoms with van der Waals surface area (Å²) in [5.74, 6) is -2.81. The minimum absolute atomic E-state index is 0.0519. The number of hydrogen-bond donors (Lipinski definition) is 2. The highest BCUT2D eigenvalue weighted by Gasteiger charge is 2.51. The molecular formula is C50H66F2N4O6Si. The molecule has 2 atom stereocenters. The average molecular weight is 885 g/mol. The maximum Gasteiger partial charge on any atom is 0.337 e. The van der Waals surface area contributed by atoms with E-state index in [0.29, 0.717) is 79.9 Å². The molecule has 0 saturated carbocycles. The van der Waals surface area contributed by atoms with Crippen molar-refractivity contribution in [3.8, 4) is 5.75 Å². The second-order valence-corrected chi connectivity index (χ2v) is 23.7. The van der Waals surface area contributed by atoms with Gasteiger partial charge in [0.1, 0.15) is 11.6 Å². The zero-order chi connectivity index (χ0) is 45.7. The molecule has 0 bridgehead atoms. The number of benzene rings is 3. The van der Waals surface area contributed by atoms with E-state index >= 15 is 0 Å². The smallest absolute Gasteiger partial charge is 0.337 e. The Kier molecular flexibility index (Phi) is 14.9. The number of rotatable bonds is 18. The standard InChI is InChI=1S/C50H66F2N4O6Si/c1-34(62-63(49(6,7)8,39-22-12-10-13-23-39)40-24-14-11-15-25-40)19-16-17-30-60-50(9)26-28-55(29-27-50)46-43(45(47(58)59)61-48(3,4)5)35(2)53-42-33-38(54-56(42)46)21-18-20-36-31-37(51)32-41(52)44(36)57/h10-15,22-25,31-34,45,57H,16-21,26-30H2,1-9H3,(H,58,59)/t34-,45?/m1/s1. The summed E-state index contributed by atoms with van der Waals surface area (Å²) >= 11 is 0. The van der Waals surface area contributed by atoms with Gasteiger partial charge in [-0.15, -0.1) is 0 Å². The zero-order valence-electron chi connectivity index (χ0n) is 38.5. The second-order valence-electron chi connectivity index (χ2n) is 19.4. The van der Waals surface area contributed by atoms with Crippen LogP contribution in [0.3, 0.4) is 0 Å². The molecule has 3 aromatic carbocycles. The van der Waals surface area contributed by atoms with Crippen LogP contribution < -0.4 is 15.3 Å². The number of carbonyl (C=O) groups is 1. The van der Waals surface area contributed by atoms with E-state index in [1.807, 2.05) is 26.8 Å². The number of carboxylic acids is 1. The molecule has 1 fully saturated rings. The molecule has 0 amide bonds. The van der Waals surface area contributed by atoms with Crippen LogP contribution in [0.4, 0.5) is 14.6 Å². The number of aromatic hydroxyl groups is 1. The number of phenols is 1. The number of carboxylic acid groups (broad SMARTS) is 1. The van der Waals surface area contributed by atoms with Gasteiger partial charge >= 0.3 is 5.97 Å². The lowest BCUT2D eigenvalue weighted by Gasteiger charge is -2.44. The van der Waals surface area contributed by atoms with E-state index in [0.717, 1.165) is 25.3 Å². The summed E-state index contributed by atoms with van der Waals surface area (Å²) in [5.41, 5.74) is 1.25. The number of aryl methyl sites for hydroxylation is 3. The molecule has 1 saturated heterocycles. The number of unbranched alkanes of at least 4 members (excludes halogenated alkanes) is 1. The van der Waals surface area contributed by atoms with Gasteiger partial charge in [-0.3, -0.25) is 0 Å². The number of nitrogens with zero attached hydrogens (tertiary/aromatic N) is 4. The number of piperidine rings is 1. The Morgan fingerprint density at radius 3 is 2.10 bits per heavy atom. The van der Waals surface area contributed by atoms with Gasteiger partial charge in [-0.2, -0.15) is 9.61 Å². The largest absolute Gasteiger partial charge is 0.505 e. The van der Waals surface area contributed by atoms with Gasteiger partial charge in [-0.1, -0.05) is 81.4 Å². The van der Waals surface area contributed by atoms with E-state index in [-0.39, 0.29) is 28.7 Å². The van der Waals surface area contributed by atoms with Gasteiger partial charge in [-0.25, -0.2) is 18.6 Å². The lowest BCUT2D eigenvalue weighted by Crippen LogP contribution is -2.67. The molecule has 1 unspecified atom stereocenters. The average Bonchev–Trinajstić information content (AvgIpc) is 3.62. The Bertz CT molecular complexity index is 2280. The third-order valence-corrected chi connectivity index (χ3v) is 17.3. The molecule has 5 aromatic rings. The summed E-state index contributed by atoms with van der Waals surface area (Å²) in [6.45, 7) is 20.3. The number of halogens is 2. The van der Waals surface area contributed by atoms with E-state index in [4.69, 9.17) is 24.0 Å². The lowest BCUT2D eigenvalue weighted by molar-refractivity contribution is -0.160. The lowest BCUT2D eigenvalue weighted by atomic mass is 9.92. The molecule has 0 aliphatic carbocycles. The minimum atomic E-state index is -2.65. The van der Waals surface area contributed by atoms with E-state index < -0.39 is 43.4 Å². The Morgan fingerprint density at radius 1 is 0.905 bits per heavy atom. The summed E-state index contributed by atoms with van der Waals surface area (Å²) < 4.78 is 49.8. The fraction of sp³-hybridized carbons (Fsp3) is 0.500. The maximum atomic E-state index is 14.0. The first-order valence-corrected chi connectivity index (χ1v) is 24.3. The molecule has 13 heteroatoms. The van der Waals surface area contributed by atoms with Crippen LogP contribution in [0.1, 0.15) is 123 Å². The van der Waals surface area contributed by atoms with E-state index in [2.05, 4.69) is 100 Å². The predicted octanol–water partition coefficient (Wildman–Crippen LogP) is 9.65. The number of phenolic OH excluding ortho intramolecular Hbond substituents is 1. The highest BCUT2D eigenvalue weighted by molar-refractivity contribution is 6.99. The van der Waals surface area contributed by atoms with Gasteiger partial charge in [0.25, 0.3) is 8.32 Å². The molecule has 1 aliphatic heterocycles. The van der Waals surface area contributed by atoms with Crippen molar-refractivity contribution in [1.29, 1.82) is 0 Å². The van der Waals surface area contributed by atoms with Crippen LogP contribution in [0.5, 0.6) is 5.75 Å². The molecular weight excluding hydrogens is 819 g/mol. The summed E-state index contributed by atoms with van der Waals surface area (Å²) in [5, 5.41) is 28.1. The Labute approximate surface area is 372 Å². The quantitative estimate of drug-likeness (QED) is 0.0655. The molecule has 63 heavy (non-hydrogen) atoms. The van der Waals surface area contributed by atoms with Crippen LogP contribution in [0, 0.1) is 18.6 Å². The first-order chi connectivity index (χ1) is 29.7. The fourth-order valence-corrected chi connectivity index (χ4v) is 13.7. The van der Waals surface area contributed by atoms with Crippen molar-refractivity contribution in [3.05, 3.63) is 113 Å². The summed E-state index contributed by atoms with van der Waals surface area (Å²) in [6.07, 6.45) is 4.08. The van der Waals surface area contributed by atoms with Gasteiger partial charge in [0.15, 0.2) is 23.3 Å². The third kappa shape index (κ3) is 11.2. The van der Waals surface area contributed by atoms with Crippen molar-refractivity contribution in [2.45, 2.75) is 142 Å². The van der Waals surface area contributed by atoms with Crippen molar-refractivity contribution in [2.24, 2.45) is 0 Å². The van der Waals surface area contributed by atoms with Crippen LogP contribution in [0.2, 0.25) is 5.04 Å². The van der Waals surface area contributed by atoms with Gasteiger partial charge in [0.05, 0.1) is 22.5 Å². The second kappa shape index (κ2) is 19.6. The number of ether oxygens (including phenoxy) is 2. The van der Waals surface area contributed by atoms with E-state index in [1.54, 1.807) is 11.4 Å². The van der Waals surface area contributed by atoms with Crippen LogP contribution >= 0.6 is 0 Å². The predicted molar refractivity (Wildman–Crippen MR) is 247 cm³/mol. The van der Waals surface area contributed by atoms with E-state index in [9.17, 15) is 23.8 Å². The van der Waals surface area contributed by atoms with Crippen molar-refractivity contribution >= 4 is 36.1 Å². The first-order valence-electron chi connectivity index (χ1n) is 22.4. The Balaban J connectivity index is 1.13. The summed E-state index contributed by atoms with van der Waals surface area (Å²) in [7, 11) is -2.65. The molecule has 0 spiro atoms. The molecule has 0 radical (unpaired) electrons. The SMILES string of the molecule is Cc1nc2cc(CCCc3cc(F)cc(F)c3O)nn2c(N2CCC(C)(OCCCC[C@@H](C)O[Si](c3ccccc3)(c3ccccc3)C(C)(C)C)CC2)c1C(OC(C)(C)C)C(=O)O. The van der Waals surface area contributed by atoms with Crippen molar-refractivity contribution in [1.82, 2.24) is 14.6 Å². The molecule has 340 valence electrons. The molecule has 10 nitrogen and oxygen atoms in total. The molecule has 2 aromatic heterocycles. The highest BCUT2D eigenvalue weighted by Crippen LogP contribution is 2.40. The molecule has 3 heterocycles. The van der Waals surface area contributed by atoms with E-state index in [1.165, 1.54) is 10.4 Å². The van der Waals surface area contributed by atoms with Crippen molar-refractivity contribution in [3.63, 3.8) is 0 Å². The number of anilines is 1. The summed E-state index contributed by atoms with van der Waals surface area (Å²) in [4.78, 5) is 19.9. The van der Waals surface area contributed by atoms with Crippen LogP contribution in [-0.2, 0) is 31.5 Å². The zero-order valence-corrected chi connectivity index (χ0v) is 39.5. The molecule has 1 aliphatic rings. The van der Waals surface area contributed by atoms with Gasteiger partial charge in [-0.05, 0) is 120 Å². The first kappa shape index (κ1) is 47.8. The minimum Gasteiger partial charge on any atom is -0.505 e. The van der Waals surface area contributed by atoms with Gasteiger partial charge in [0, 0.05) is 43.6 Å². The van der Waals surface area contributed by atoms with Crippen molar-refractivity contribution in [2.75, 3.05) is 24.6 Å². The Morgan fingerprint density at radius 2 is 1.52 bits per heavy atom. The third-order valence-electron chi connectivity index (χ3n) is 12.2. The van der Waals surface area contributed by atoms with Crippen LogP contribution in [0.25, 0.3) is 5.65 Å². The number of fused-ring (bicyclic) bond motifs is 1. The number of aliphatic carboxylic acids is 1. The Hall–Kier alpha value is -4.69.